The highest BCUT2D eigenvalue weighted by atomic mass is 32.2. The van der Waals surface area contributed by atoms with Crippen molar-refractivity contribution in [2.45, 2.75) is 11.5 Å². The molecule has 9 heteroatoms. The van der Waals surface area contributed by atoms with Crippen molar-refractivity contribution in [2.75, 3.05) is 26.2 Å². The largest absolute Gasteiger partial charge is 0.465 e. The normalized spacial score (nSPS) is 10.3. The van der Waals surface area contributed by atoms with Crippen LogP contribution < -0.4 is 5.73 Å². The molecule has 0 atom stereocenters. The fraction of sp³-hybridized carbons (Fsp3) is 0.235. The summed E-state index contributed by atoms with van der Waals surface area (Å²) < 4.78 is 14.7. The van der Waals surface area contributed by atoms with Crippen LogP contribution in [0.25, 0.3) is 0 Å². The Bertz CT molecular complexity index is 829. The molecular weight excluding hydrogens is 378 g/mol. The summed E-state index contributed by atoms with van der Waals surface area (Å²) in [6.45, 7) is -0.314. The van der Waals surface area contributed by atoms with E-state index >= 15 is 0 Å². The molecule has 1 aromatic carbocycles. The minimum Gasteiger partial charge on any atom is -0.465 e. The van der Waals surface area contributed by atoms with Gasteiger partial charge in [0.1, 0.15) is 22.0 Å². The van der Waals surface area contributed by atoms with Gasteiger partial charge in [-0.1, -0.05) is 0 Å². The highest BCUT2D eigenvalue weighted by Crippen LogP contribution is 2.33. The van der Waals surface area contributed by atoms with Crippen LogP contribution in [0.4, 0.5) is 5.00 Å². The van der Waals surface area contributed by atoms with Crippen LogP contribution >= 0.6 is 23.1 Å². The number of benzene rings is 1. The minimum atomic E-state index is -0.718. The monoisotopic (exact) mass is 395 g/mol. The number of nitrogen functional groups attached to an aromatic ring is 1. The average Bonchev–Trinajstić information content (AvgIpc) is 3.01. The van der Waals surface area contributed by atoms with E-state index < -0.39 is 17.9 Å². The first-order chi connectivity index (χ1) is 12.4. The number of carbonyl (C=O) groups excluding carboxylic acids is 3. The number of hydrogen-bond acceptors (Lipinski definition) is 9. The van der Waals surface area contributed by atoms with Gasteiger partial charge in [-0.3, -0.25) is 0 Å². The van der Waals surface area contributed by atoms with Crippen LogP contribution in [0.5, 0.6) is 0 Å². The third-order valence-corrected chi connectivity index (χ3v) is 5.25. The van der Waals surface area contributed by atoms with Gasteiger partial charge >= 0.3 is 17.9 Å². The molecule has 2 aromatic rings. The van der Waals surface area contributed by atoms with Gasteiger partial charge in [0.15, 0.2) is 0 Å². The second-order valence-corrected chi connectivity index (χ2v) is 6.87. The molecule has 2 rings (SSSR count). The Hall–Kier alpha value is -2.52. The summed E-state index contributed by atoms with van der Waals surface area (Å²) >= 11 is 2.43. The molecule has 0 radical (unpaired) electrons. The summed E-state index contributed by atoms with van der Waals surface area (Å²) in [4.78, 5) is 37.2. The number of nitrogens with two attached hydrogens (primary N) is 1. The van der Waals surface area contributed by atoms with Gasteiger partial charge in [0.25, 0.3) is 0 Å². The van der Waals surface area contributed by atoms with Crippen LogP contribution in [-0.2, 0) is 20.8 Å². The Morgan fingerprint density at radius 2 is 1.65 bits per heavy atom. The van der Waals surface area contributed by atoms with Crippen LogP contribution in [-0.4, -0.2) is 38.4 Å². The van der Waals surface area contributed by atoms with Gasteiger partial charge in [0, 0.05) is 10.5 Å². The van der Waals surface area contributed by atoms with E-state index in [0.717, 1.165) is 16.2 Å². The van der Waals surface area contributed by atoms with Gasteiger partial charge < -0.3 is 19.9 Å². The zero-order valence-electron chi connectivity index (χ0n) is 14.4. The van der Waals surface area contributed by atoms with E-state index in [2.05, 4.69) is 0 Å². The van der Waals surface area contributed by atoms with Crippen molar-refractivity contribution >= 4 is 46.0 Å². The third-order valence-electron chi connectivity index (χ3n) is 3.47. The Morgan fingerprint density at radius 3 is 2.19 bits per heavy atom. The third kappa shape index (κ3) is 4.17. The number of thiophene rings is 1. The highest BCUT2D eigenvalue weighted by Gasteiger charge is 2.28. The molecule has 138 valence electrons. The predicted molar refractivity (Wildman–Crippen MR) is 98.8 cm³/mol. The van der Waals surface area contributed by atoms with Crippen LogP contribution in [0, 0.1) is 0 Å². The molecule has 26 heavy (non-hydrogen) atoms. The summed E-state index contributed by atoms with van der Waals surface area (Å²) in [7, 11) is 2.40. The first kappa shape index (κ1) is 19.8. The lowest BCUT2D eigenvalue weighted by molar-refractivity contribution is 0.0452. The molecular formula is C17H17NO6S2. The quantitative estimate of drug-likeness (QED) is 0.452. The summed E-state index contributed by atoms with van der Waals surface area (Å²) in [5.41, 5.74) is 6.35. The van der Waals surface area contributed by atoms with E-state index in [9.17, 15) is 14.4 Å². The van der Waals surface area contributed by atoms with E-state index in [0.29, 0.717) is 5.56 Å². The van der Waals surface area contributed by atoms with Crippen LogP contribution in [0.15, 0.2) is 29.2 Å². The van der Waals surface area contributed by atoms with Crippen molar-refractivity contribution in [3.63, 3.8) is 0 Å². The second-order valence-electron chi connectivity index (χ2n) is 4.94. The number of carbonyl (C=O) groups is 3. The SMILES string of the molecule is COC(=O)c1sc(N)c(C(=O)OC)c1COC(=O)c1ccc(SC)cc1. The molecule has 0 aliphatic rings. The molecule has 0 fully saturated rings. The molecule has 0 saturated heterocycles. The van der Waals surface area contributed by atoms with E-state index in [-0.39, 0.29) is 27.6 Å². The number of anilines is 1. The van der Waals surface area contributed by atoms with Crippen LogP contribution in [0.3, 0.4) is 0 Å². The van der Waals surface area contributed by atoms with Crippen molar-refractivity contribution in [3.8, 4) is 0 Å². The number of esters is 3. The topological polar surface area (TPSA) is 105 Å². The van der Waals surface area contributed by atoms with E-state index in [4.69, 9.17) is 19.9 Å². The standard InChI is InChI=1S/C17H17NO6S2/c1-22-16(20)12-11(13(17(21)23-2)26-14(12)18)8-24-15(19)9-4-6-10(25-3)7-5-9/h4-7H,8,18H2,1-3H3. The zero-order chi connectivity index (χ0) is 19.3. The molecule has 0 unspecified atom stereocenters. The zero-order valence-corrected chi connectivity index (χ0v) is 16.0. The van der Waals surface area contributed by atoms with Gasteiger partial charge in [-0.25, -0.2) is 14.4 Å². The maximum absolute atomic E-state index is 12.2. The molecule has 1 aromatic heterocycles. The molecule has 1 heterocycles. The summed E-state index contributed by atoms with van der Waals surface area (Å²) in [5, 5.41) is 0.0904. The number of hydrogen-bond donors (Lipinski definition) is 1. The van der Waals surface area contributed by atoms with Gasteiger partial charge in [-0.15, -0.1) is 23.1 Å². The lowest BCUT2D eigenvalue weighted by Crippen LogP contribution is -2.12. The van der Waals surface area contributed by atoms with E-state index in [1.54, 1.807) is 36.0 Å². The Kier molecular flexibility index (Phi) is 6.64. The average molecular weight is 395 g/mol. The maximum Gasteiger partial charge on any atom is 0.348 e. The molecule has 0 saturated carbocycles. The summed E-state index contributed by atoms with van der Waals surface area (Å²) in [5.74, 6) is -1.98. The van der Waals surface area contributed by atoms with Crippen molar-refractivity contribution < 1.29 is 28.6 Å². The molecule has 0 aliphatic carbocycles. The predicted octanol–water partition coefficient (Wildman–Crippen LogP) is 2.98. The molecule has 0 bridgehead atoms. The fourth-order valence-corrected chi connectivity index (χ4v) is 3.54. The molecule has 0 aliphatic heterocycles. The van der Waals surface area contributed by atoms with Crippen molar-refractivity contribution in [2.24, 2.45) is 0 Å². The molecule has 0 spiro atoms. The number of ether oxygens (including phenoxy) is 3. The Balaban J connectivity index is 2.27. The lowest BCUT2D eigenvalue weighted by atomic mass is 10.1. The van der Waals surface area contributed by atoms with E-state index in [1.165, 1.54) is 14.2 Å². The highest BCUT2D eigenvalue weighted by molar-refractivity contribution is 7.98. The molecule has 2 N–H and O–H groups in total. The smallest absolute Gasteiger partial charge is 0.348 e. The maximum atomic E-state index is 12.2. The van der Waals surface area contributed by atoms with Crippen molar-refractivity contribution in [1.82, 2.24) is 0 Å². The molecule has 0 amide bonds. The van der Waals surface area contributed by atoms with Crippen LogP contribution in [0.2, 0.25) is 0 Å². The Morgan fingerprint density at radius 1 is 1.04 bits per heavy atom. The summed E-state index contributed by atoms with van der Waals surface area (Å²) in [6.07, 6.45) is 1.93. The van der Waals surface area contributed by atoms with Gasteiger partial charge in [0.2, 0.25) is 0 Å². The van der Waals surface area contributed by atoms with Crippen molar-refractivity contribution in [1.29, 1.82) is 0 Å². The first-order valence-electron chi connectivity index (χ1n) is 7.31. The van der Waals surface area contributed by atoms with Gasteiger partial charge in [-0.2, -0.15) is 0 Å². The number of methoxy groups -OCH3 is 2. The Labute approximate surface area is 158 Å². The number of thioether (sulfide) groups is 1. The minimum absolute atomic E-state index is 0.00318. The van der Waals surface area contributed by atoms with Gasteiger partial charge in [-0.05, 0) is 30.5 Å². The van der Waals surface area contributed by atoms with Crippen molar-refractivity contribution in [3.05, 3.63) is 45.8 Å². The second kappa shape index (κ2) is 8.72. The summed E-state index contributed by atoms with van der Waals surface area (Å²) in [6, 6.07) is 6.87. The van der Waals surface area contributed by atoms with Crippen LogP contribution in [0.1, 0.15) is 36.0 Å². The molecule has 7 nitrogen and oxygen atoms in total. The fourth-order valence-electron chi connectivity index (χ4n) is 2.15. The van der Waals surface area contributed by atoms with E-state index in [1.807, 2.05) is 6.26 Å². The number of rotatable bonds is 6. The lowest BCUT2D eigenvalue weighted by Gasteiger charge is -2.08. The van der Waals surface area contributed by atoms with Gasteiger partial charge in [0.05, 0.1) is 19.8 Å². The first-order valence-corrected chi connectivity index (χ1v) is 9.36.